The summed E-state index contributed by atoms with van der Waals surface area (Å²) in [6.07, 6.45) is 6.45. The number of terminal acetylenes is 1. The van der Waals surface area contributed by atoms with E-state index in [1.807, 2.05) is 0 Å². The van der Waals surface area contributed by atoms with Gasteiger partial charge in [0.15, 0.2) is 0 Å². The molecule has 1 aromatic heterocycles. The number of hydrogen-bond donors (Lipinski definition) is 0. The van der Waals surface area contributed by atoms with E-state index in [-0.39, 0.29) is 0 Å². The van der Waals surface area contributed by atoms with Crippen molar-refractivity contribution in [1.82, 2.24) is 9.78 Å². The summed E-state index contributed by atoms with van der Waals surface area (Å²) in [7, 11) is 0. The van der Waals surface area contributed by atoms with Crippen LogP contribution in [0.2, 0.25) is 0 Å². The molecule has 0 N–H and O–H groups in total. The van der Waals surface area contributed by atoms with E-state index < -0.39 is 12.5 Å². The predicted octanol–water partition coefficient (Wildman–Crippen LogP) is 1.52. The highest BCUT2D eigenvalue weighted by Crippen LogP contribution is 2.13. The van der Waals surface area contributed by atoms with Crippen molar-refractivity contribution in [3.8, 4) is 12.3 Å². The quantitative estimate of drug-likeness (QED) is 0.615. The van der Waals surface area contributed by atoms with Gasteiger partial charge in [0.1, 0.15) is 12.2 Å². The molecule has 0 atom stereocenters. The fourth-order valence-corrected chi connectivity index (χ4v) is 0.811. The minimum atomic E-state index is -2.75. The van der Waals surface area contributed by atoms with Gasteiger partial charge < -0.3 is 0 Å². The fourth-order valence-electron chi connectivity index (χ4n) is 0.811. The van der Waals surface area contributed by atoms with E-state index in [0.717, 1.165) is 11.6 Å². The molecule has 0 spiro atoms. The highest BCUT2D eigenvalue weighted by Gasteiger charge is 2.21. The average Bonchev–Trinajstić information content (AvgIpc) is 2.32. The van der Waals surface area contributed by atoms with Crippen LogP contribution in [0.15, 0.2) is 12.3 Å². The Hall–Kier alpha value is -1.37. The number of hydrogen-bond acceptors (Lipinski definition) is 1. The molecule has 0 fully saturated rings. The molecule has 0 aliphatic heterocycles. The zero-order valence-corrected chi connectivity index (χ0v) is 6.59. The highest BCUT2D eigenvalue weighted by atomic mass is 19.3. The van der Waals surface area contributed by atoms with Crippen LogP contribution in [0.3, 0.4) is 0 Å². The SMILES string of the molecule is C#Cc1ccn(CC(C)(F)F)n1. The molecule has 4 heteroatoms. The first kappa shape index (κ1) is 8.72. The lowest BCUT2D eigenvalue weighted by atomic mass is 10.4. The van der Waals surface area contributed by atoms with Crippen LogP contribution in [0, 0.1) is 12.3 Å². The number of aromatic nitrogens is 2. The number of nitrogens with zero attached hydrogens (tertiary/aromatic N) is 2. The Kier molecular flexibility index (Phi) is 2.13. The Morgan fingerprint density at radius 1 is 1.75 bits per heavy atom. The van der Waals surface area contributed by atoms with E-state index in [9.17, 15) is 8.78 Å². The first-order valence-electron chi connectivity index (χ1n) is 3.39. The van der Waals surface area contributed by atoms with E-state index in [1.54, 1.807) is 0 Å². The topological polar surface area (TPSA) is 17.8 Å². The second-order valence-corrected chi connectivity index (χ2v) is 2.61. The molecule has 1 rings (SSSR count). The monoisotopic (exact) mass is 170 g/mol. The smallest absolute Gasteiger partial charge is 0.264 e. The molecule has 1 aromatic rings. The Balaban J connectivity index is 2.72. The summed E-state index contributed by atoms with van der Waals surface area (Å²) in [5.41, 5.74) is 0.374. The van der Waals surface area contributed by atoms with Gasteiger partial charge >= 0.3 is 0 Å². The third-order valence-corrected chi connectivity index (χ3v) is 1.23. The van der Waals surface area contributed by atoms with Gasteiger partial charge in [0.05, 0.1) is 0 Å². The Bertz CT molecular complexity index is 304. The molecular formula is C8H8F2N2. The Labute approximate surface area is 69.2 Å². The van der Waals surface area contributed by atoms with Crippen molar-refractivity contribution in [3.63, 3.8) is 0 Å². The van der Waals surface area contributed by atoms with Crippen molar-refractivity contribution < 1.29 is 8.78 Å². The number of halogens is 2. The summed E-state index contributed by atoms with van der Waals surface area (Å²) in [4.78, 5) is 0. The van der Waals surface area contributed by atoms with E-state index in [0.29, 0.717) is 5.69 Å². The van der Waals surface area contributed by atoms with Gasteiger partial charge in [-0.2, -0.15) is 5.10 Å². The summed E-state index contributed by atoms with van der Waals surface area (Å²) in [6, 6.07) is 1.52. The number of alkyl halides is 2. The molecular weight excluding hydrogens is 162 g/mol. The molecule has 0 aliphatic carbocycles. The van der Waals surface area contributed by atoms with Crippen LogP contribution in [-0.2, 0) is 6.54 Å². The molecule has 0 unspecified atom stereocenters. The molecule has 0 saturated heterocycles. The minimum Gasteiger partial charge on any atom is -0.265 e. The second-order valence-electron chi connectivity index (χ2n) is 2.61. The van der Waals surface area contributed by atoms with Gasteiger partial charge in [-0.05, 0) is 12.0 Å². The summed E-state index contributed by atoms with van der Waals surface area (Å²) in [6.45, 7) is 0.402. The van der Waals surface area contributed by atoms with E-state index in [4.69, 9.17) is 6.42 Å². The zero-order chi connectivity index (χ0) is 9.19. The van der Waals surface area contributed by atoms with Crippen molar-refractivity contribution in [3.05, 3.63) is 18.0 Å². The van der Waals surface area contributed by atoms with E-state index in [2.05, 4.69) is 11.0 Å². The maximum absolute atomic E-state index is 12.4. The summed E-state index contributed by atoms with van der Waals surface area (Å²) in [5, 5.41) is 3.71. The molecule has 0 saturated carbocycles. The normalized spacial score (nSPS) is 11.2. The first-order chi connectivity index (χ1) is 5.51. The third-order valence-electron chi connectivity index (χ3n) is 1.23. The number of rotatable bonds is 2. The second kappa shape index (κ2) is 2.94. The molecule has 0 aromatic carbocycles. The molecule has 0 radical (unpaired) electrons. The van der Waals surface area contributed by atoms with Crippen LogP contribution in [0.1, 0.15) is 12.6 Å². The highest BCUT2D eigenvalue weighted by molar-refractivity contribution is 5.21. The van der Waals surface area contributed by atoms with Crippen LogP contribution in [0.25, 0.3) is 0 Å². The van der Waals surface area contributed by atoms with Gasteiger partial charge in [0.25, 0.3) is 5.92 Å². The van der Waals surface area contributed by atoms with Crippen molar-refractivity contribution in [2.75, 3.05) is 0 Å². The van der Waals surface area contributed by atoms with Gasteiger partial charge in [-0.15, -0.1) is 6.42 Å². The van der Waals surface area contributed by atoms with E-state index >= 15 is 0 Å². The maximum atomic E-state index is 12.4. The van der Waals surface area contributed by atoms with Gasteiger partial charge in [-0.1, -0.05) is 0 Å². The first-order valence-corrected chi connectivity index (χ1v) is 3.39. The lowest BCUT2D eigenvalue weighted by Crippen LogP contribution is -2.19. The van der Waals surface area contributed by atoms with Gasteiger partial charge in [-0.25, -0.2) is 8.78 Å². The zero-order valence-electron chi connectivity index (χ0n) is 6.59. The molecule has 64 valence electrons. The lowest BCUT2D eigenvalue weighted by molar-refractivity contribution is 0.000572. The van der Waals surface area contributed by atoms with Crippen LogP contribution in [0.4, 0.5) is 8.78 Å². The minimum absolute atomic E-state index is 0.374. The van der Waals surface area contributed by atoms with Crippen LogP contribution < -0.4 is 0 Å². The van der Waals surface area contributed by atoms with Gasteiger partial charge in [0, 0.05) is 13.1 Å². The van der Waals surface area contributed by atoms with Gasteiger partial charge in [-0.3, -0.25) is 4.68 Å². The fraction of sp³-hybridized carbons (Fsp3) is 0.375. The maximum Gasteiger partial charge on any atom is 0.264 e. The van der Waals surface area contributed by atoms with Crippen LogP contribution in [0.5, 0.6) is 0 Å². The summed E-state index contributed by atoms with van der Waals surface area (Å²) < 4.78 is 26.0. The van der Waals surface area contributed by atoms with Crippen molar-refractivity contribution in [1.29, 1.82) is 0 Å². The van der Waals surface area contributed by atoms with Gasteiger partial charge in [0.2, 0.25) is 0 Å². The van der Waals surface area contributed by atoms with Crippen LogP contribution >= 0.6 is 0 Å². The molecule has 1 heterocycles. The van der Waals surface area contributed by atoms with Crippen molar-refractivity contribution >= 4 is 0 Å². The molecule has 0 amide bonds. The predicted molar refractivity (Wildman–Crippen MR) is 40.8 cm³/mol. The largest absolute Gasteiger partial charge is 0.265 e. The lowest BCUT2D eigenvalue weighted by Gasteiger charge is -2.08. The molecule has 12 heavy (non-hydrogen) atoms. The average molecular weight is 170 g/mol. The van der Waals surface area contributed by atoms with E-state index in [1.165, 1.54) is 12.3 Å². The Morgan fingerprint density at radius 2 is 2.42 bits per heavy atom. The molecule has 0 aliphatic rings. The van der Waals surface area contributed by atoms with Crippen LogP contribution in [-0.4, -0.2) is 15.7 Å². The standard InChI is InChI=1S/C8H8F2N2/c1-3-7-4-5-12(11-7)6-8(2,9)10/h1,4-5H,6H2,2H3. The Morgan fingerprint density at radius 3 is 2.83 bits per heavy atom. The summed E-state index contributed by atoms with van der Waals surface area (Å²) >= 11 is 0. The summed E-state index contributed by atoms with van der Waals surface area (Å²) in [5.74, 6) is -0.496. The molecule has 2 nitrogen and oxygen atoms in total. The van der Waals surface area contributed by atoms with Crippen molar-refractivity contribution in [2.24, 2.45) is 0 Å². The third kappa shape index (κ3) is 2.35. The molecule has 0 bridgehead atoms. The van der Waals surface area contributed by atoms with Crippen molar-refractivity contribution in [2.45, 2.75) is 19.4 Å².